The van der Waals surface area contributed by atoms with Gasteiger partial charge in [0, 0.05) is 71.8 Å². The highest BCUT2D eigenvalue weighted by atomic mass is 19.1. The molecule has 1 aliphatic carbocycles. The molecule has 260 valence electrons. The minimum absolute atomic E-state index is 0.0940. The monoisotopic (exact) mass is 675 g/mol. The van der Waals surface area contributed by atoms with Crippen LogP contribution < -0.4 is 15.0 Å². The average Bonchev–Trinajstić information content (AvgIpc) is 3.58. The lowest BCUT2D eigenvalue weighted by Gasteiger charge is -2.34. The number of rotatable bonds is 7. The Balaban J connectivity index is 1.12. The first kappa shape index (κ1) is 32.0. The van der Waals surface area contributed by atoms with Crippen LogP contribution in [0.5, 0.6) is 11.8 Å². The number of aryl methyl sites for hydroxylation is 2. The van der Waals surface area contributed by atoms with Crippen LogP contribution in [-0.2, 0) is 4.74 Å². The zero-order valence-corrected chi connectivity index (χ0v) is 29.5. The van der Waals surface area contributed by atoms with Crippen LogP contribution in [0.4, 0.5) is 10.2 Å². The largest absolute Gasteiger partial charge is 0.508 e. The summed E-state index contributed by atoms with van der Waals surface area (Å²) in [5, 5.41) is 16.8. The summed E-state index contributed by atoms with van der Waals surface area (Å²) >= 11 is 0. The number of phenolic OH excluding ortho intramolecular Hbond substituents is 1. The van der Waals surface area contributed by atoms with E-state index in [0.717, 1.165) is 105 Å². The van der Waals surface area contributed by atoms with Crippen molar-refractivity contribution in [3.8, 4) is 35.2 Å². The van der Waals surface area contributed by atoms with Crippen LogP contribution in [-0.4, -0.2) is 84.6 Å². The predicted octanol–water partition coefficient (Wildman–Crippen LogP) is 6.35. The normalized spacial score (nSPS) is 28.4. The van der Waals surface area contributed by atoms with Crippen LogP contribution in [0.3, 0.4) is 0 Å². The Morgan fingerprint density at radius 1 is 1.06 bits per heavy atom. The van der Waals surface area contributed by atoms with E-state index in [2.05, 4.69) is 54.8 Å². The summed E-state index contributed by atoms with van der Waals surface area (Å²) in [5.74, 6) is 3.11. The third-order valence-corrected chi connectivity index (χ3v) is 12.8. The molecule has 5 aliphatic rings. The number of terminal acetylenes is 1. The second-order valence-corrected chi connectivity index (χ2v) is 16.7. The number of fused-ring (bicyclic) bond motifs is 5. The molecule has 2 bridgehead atoms. The number of aromatic hydroxyl groups is 1. The van der Waals surface area contributed by atoms with Gasteiger partial charge in [-0.2, -0.15) is 9.97 Å². The maximum Gasteiger partial charge on any atom is 0.318 e. The molecule has 2 unspecified atom stereocenters. The lowest BCUT2D eigenvalue weighted by atomic mass is 9.71. The van der Waals surface area contributed by atoms with Crippen molar-refractivity contribution < 1.29 is 19.0 Å². The third kappa shape index (κ3) is 5.05. The molecule has 4 saturated heterocycles. The van der Waals surface area contributed by atoms with Crippen LogP contribution in [0.1, 0.15) is 56.2 Å². The molecular weight excluding hydrogens is 629 g/mol. The molecule has 1 saturated carbocycles. The SMILES string of the molecule is C#Cc1c(F)ccc2cc(O)cc(-c3c(C)cc4c(N5CC6CCC(C5)N6)nc(OCC5(CN6C[C@@]7(C)COC[C@]7(C)C6)CC5)nc4c3C)c12. The van der Waals surface area contributed by atoms with Gasteiger partial charge in [0.25, 0.3) is 0 Å². The maximum absolute atomic E-state index is 15.1. The average molecular weight is 676 g/mol. The van der Waals surface area contributed by atoms with Crippen molar-refractivity contribution in [3.63, 3.8) is 0 Å². The summed E-state index contributed by atoms with van der Waals surface area (Å²) in [6, 6.07) is 9.75. The van der Waals surface area contributed by atoms with Crippen molar-refractivity contribution in [3.05, 3.63) is 52.8 Å². The molecule has 1 aromatic heterocycles. The molecule has 4 atom stereocenters. The van der Waals surface area contributed by atoms with Crippen LogP contribution in [0.15, 0.2) is 30.3 Å². The number of anilines is 1. The van der Waals surface area contributed by atoms with Crippen molar-refractivity contribution >= 4 is 27.5 Å². The van der Waals surface area contributed by atoms with Gasteiger partial charge in [-0.15, -0.1) is 6.42 Å². The fourth-order valence-corrected chi connectivity index (χ4v) is 9.71. The zero-order chi connectivity index (χ0) is 34.6. The Kier molecular flexibility index (Phi) is 7.20. The fourth-order valence-electron chi connectivity index (χ4n) is 9.71. The smallest absolute Gasteiger partial charge is 0.318 e. The summed E-state index contributed by atoms with van der Waals surface area (Å²) in [5.41, 5.74) is 4.94. The minimum atomic E-state index is -0.459. The number of hydrogen-bond donors (Lipinski definition) is 2. The number of phenols is 1. The Morgan fingerprint density at radius 3 is 2.46 bits per heavy atom. The van der Waals surface area contributed by atoms with E-state index in [9.17, 15) is 5.11 Å². The third-order valence-electron chi connectivity index (χ3n) is 12.8. The summed E-state index contributed by atoms with van der Waals surface area (Å²) in [4.78, 5) is 15.3. The Hall–Kier alpha value is -3.97. The van der Waals surface area contributed by atoms with Crippen molar-refractivity contribution in [2.24, 2.45) is 16.2 Å². The van der Waals surface area contributed by atoms with Gasteiger partial charge in [0.1, 0.15) is 17.4 Å². The summed E-state index contributed by atoms with van der Waals surface area (Å²) in [7, 11) is 0. The Morgan fingerprint density at radius 2 is 1.78 bits per heavy atom. The number of nitrogens with zero attached hydrogens (tertiary/aromatic N) is 4. The molecular formula is C41H46FN5O3. The van der Waals surface area contributed by atoms with Crippen LogP contribution in [0.2, 0.25) is 0 Å². The van der Waals surface area contributed by atoms with E-state index in [4.69, 9.17) is 25.9 Å². The van der Waals surface area contributed by atoms with Gasteiger partial charge in [0.2, 0.25) is 0 Å². The van der Waals surface area contributed by atoms with Gasteiger partial charge in [-0.1, -0.05) is 25.8 Å². The topological polar surface area (TPSA) is 83.0 Å². The Labute approximate surface area is 293 Å². The number of benzene rings is 3. The standard InChI is InChI=1S/C41H46FN5O3/c1-6-30-33(42)10-7-26-14-29(48)15-31(35(26)30)34-24(2)13-32-36(25(34)3)44-38(45-37(32)47-16-27-8-9-28(17-47)43-27)50-23-41(11-12-41)20-46-18-39(4)21-49-22-40(39,5)19-46/h1,7,10,13-15,27-28,43,48H,8-9,11-12,16-23H2,2-5H3/t27?,28?,39-,40-/m0/s1. The van der Waals surface area contributed by atoms with Crippen molar-refractivity contribution in [1.29, 1.82) is 0 Å². The van der Waals surface area contributed by atoms with Gasteiger partial charge in [-0.05, 0) is 91.4 Å². The first-order valence-electron chi connectivity index (χ1n) is 18.2. The van der Waals surface area contributed by atoms with Gasteiger partial charge in [0.15, 0.2) is 0 Å². The highest BCUT2D eigenvalue weighted by molar-refractivity contribution is 6.06. The molecule has 4 aliphatic heterocycles. The molecule has 5 heterocycles. The lowest BCUT2D eigenvalue weighted by Crippen LogP contribution is -2.51. The number of likely N-dealkylation sites (tertiary alicyclic amines) is 1. The van der Waals surface area contributed by atoms with Gasteiger partial charge >= 0.3 is 6.01 Å². The lowest BCUT2D eigenvalue weighted by molar-refractivity contribution is 0.112. The van der Waals surface area contributed by atoms with Crippen LogP contribution >= 0.6 is 0 Å². The van der Waals surface area contributed by atoms with Crippen LogP contribution in [0.25, 0.3) is 32.8 Å². The molecule has 9 heteroatoms. The van der Waals surface area contributed by atoms with E-state index >= 15 is 4.39 Å². The molecule has 0 radical (unpaired) electrons. The molecule has 8 nitrogen and oxygen atoms in total. The number of ether oxygens (including phenoxy) is 2. The molecule has 0 amide bonds. The number of aromatic nitrogens is 2. The van der Waals surface area contributed by atoms with Gasteiger partial charge in [0.05, 0.1) is 30.9 Å². The number of piperazine rings is 1. The molecule has 5 fully saturated rings. The molecule has 0 spiro atoms. The van der Waals surface area contributed by atoms with Gasteiger partial charge in [-0.25, -0.2) is 4.39 Å². The summed E-state index contributed by atoms with van der Waals surface area (Å²) < 4.78 is 27.7. The first-order chi connectivity index (χ1) is 24.0. The van der Waals surface area contributed by atoms with Crippen molar-refractivity contribution in [1.82, 2.24) is 20.2 Å². The van der Waals surface area contributed by atoms with E-state index in [-0.39, 0.29) is 27.6 Å². The first-order valence-corrected chi connectivity index (χ1v) is 18.2. The van der Waals surface area contributed by atoms with E-state index < -0.39 is 5.82 Å². The summed E-state index contributed by atoms with van der Waals surface area (Å²) in [6.45, 7) is 16.0. The second-order valence-electron chi connectivity index (χ2n) is 16.7. The highest BCUT2D eigenvalue weighted by Gasteiger charge is 2.57. The van der Waals surface area contributed by atoms with Gasteiger partial charge < -0.3 is 29.7 Å². The number of hydrogen-bond acceptors (Lipinski definition) is 8. The maximum atomic E-state index is 15.1. The molecule has 4 aromatic rings. The zero-order valence-electron chi connectivity index (χ0n) is 29.5. The van der Waals surface area contributed by atoms with Crippen molar-refractivity contribution in [2.45, 2.75) is 65.5 Å². The predicted molar refractivity (Wildman–Crippen MR) is 194 cm³/mol. The number of halogens is 1. The van der Waals surface area contributed by atoms with E-state index in [0.29, 0.717) is 41.0 Å². The number of nitrogens with one attached hydrogen (secondary N) is 1. The minimum Gasteiger partial charge on any atom is -0.508 e. The second kappa shape index (κ2) is 11.3. The Bertz CT molecular complexity index is 2080. The van der Waals surface area contributed by atoms with Crippen LogP contribution in [0, 0.1) is 48.3 Å². The van der Waals surface area contributed by atoms with E-state index in [1.54, 1.807) is 18.2 Å². The molecule has 9 rings (SSSR count). The highest BCUT2D eigenvalue weighted by Crippen LogP contribution is 2.54. The molecule has 3 aromatic carbocycles. The van der Waals surface area contributed by atoms with E-state index in [1.807, 2.05) is 0 Å². The van der Waals surface area contributed by atoms with E-state index in [1.165, 1.54) is 6.07 Å². The molecule has 2 N–H and O–H groups in total. The van der Waals surface area contributed by atoms with Crippen molar-refractivity contribution in [2.75, 3.05) is 57.4 Å². The summed E-state index contributed by atoms with van der Waals surface area (Å²) in [6.07, 6.45) is 10.5. The molecule has 50 heavy (non-hydrogen) atoms. The quantitative estimate of drug-likeness (QED) is 0.220. The fraction of sp³-hybridized carbons (Fsp3) is 0.512. The van der Waals surface area contributed by atoms with Gasteiger partial charge in [-0.3, -0.25) is 0 Å².